The molecule has 0 bridgehead atoms. The molecule has 0 radical (unpaired) electrons. The van der Waals surface area contributed by atoms with Crippen molar-refractivity contribution in [1.82, 2.24) is 4.98 Å². The number of aromatic nitrogens is 1. The van der Waals surface area contributed by atoms with Crippen molar-refractivity contribution < 1.29 is 4.74 Å². The zero-order valence-corrected chi connectivity index (χ0v) is 14.8. The maximum atomic E-state index is 6.31. The van der Waals surface area contributed by atoms with E-state index in [9.17, 15) is 0 Å². The summed E-state index contributed by atoms with van der Waals surface area (Å²) in [5, 5.41) is 3.23. The van der Waals surface area contributed by atoms with Crippen LogP contribution in [-0.4, -0.2) is 4.98 Å². The Hall–Kier alpha value is -0.910. The van der Waals surface area contributed by atoms with E-state index in [1.165, 1.54) is 0 Å². The number of hydrogen-bond acceptors (Lipinski definition) is 4. The highest BCUT2D eigenvalue weighted by Crippen LogP contribution is 2.41. The lowest BCUT2D eigenvalue weighted by Gasteiger charge is -2.29. The van der Waals surface area contributed by atoms with Gasteiger partial charge >= 0.3 is 0 Å². The molecule has 0 saturated carbocycles. The van der Waals surface area contributed by atoms with Gasteiger partial charge in [-0.25, -0.2) is 4.98 Å². The van der Waals surface area contributed by atoms with E-state index in [1.807, 2.05) is 18.2 Å². The Morgan fingerprint density at radius 1 is 1.38 bits per heavy atom. The molecule has 0 aliphatic carbocycles. The van der Waals surface area contributed by atoms with Gasteiger partial charge in [-0.1, -0.05) is 36.7 Å². The molecule has 1 aromatic heterocycles. The van der Waals surface area contributed by atoms with E-state index in [0.29, 0.717) is 0 Å². The molecule has 0 amide bonds. The number of thiazole rings is 1. The van der Waals surface area contributed by atoms with Crippen molar-refractivity contribution in [3.05, 3.63) is 44.3 Å². The monoisotopic (exact) mass is 366 g/mol. The number of halogens is 1. The quantitative estimate of drug-likeness (QED) is 0.793. The number of hydrogen-bond donors (Lipinski definition) is 1. The highest BCUT2D eigenvalue weighted by molar-refractivity contribution is 9.10. The van der Waals surface area contributed by atoms with Gasteiger partial charge in [0.2, 0.25) is 0 Å². The van der Waals surface area contributed by atoms with Crippen molar-refractivity contribution in [3.63, 3.8) is 0 Å². The summed E-state index contributed by atoms with van der Waals surface area (Å²) in [6, 6.07) is 5.98. The van der Waals surface area contributed by atoms with Gasteiger partial charge in [0, 0.05) is 33.3 Å². The van der Waals surface area contributed by atoms with Crippen LogP contribution in [0.1, 0.15) is 55.6 Å². The van der Waals surface area contributed by atoms with Gasteiger partial charge < -0.3 is 10.5 Å². The number of ether oxygens (including phenoxy) is 1. The van der Waals surface area contributed by atoms with Crippen LogP contribution in [0, 0.1) is 0 Å². The number of fused-ring (bicyclic) bond motifs is 1. The number of nitrogens with two attached hydrogens (primary N) is 1. The van der Waals surface area contributed by atoms with Crippen molar-refractivity contribution >= 4 is 27.3 Å². The molecule has 2 N–H and O–H groups in total. The van der Waals surface area contributed by atoms with Crippen LogP contribution in [0.3, 0.4) is 0 Å². The van der Waals surface area contributed by atoms with Crippen molar-refractivity contribution in [2.24, 2.45) is 5.73 Å². The summed E-state index contributed by atoms with van der Waals surface area (Å²) in [5.41, 5.74) is 8.44. The van der Waals surface area contributed by atoms with E-state index in [2.05, 4.69) is 42.1 Å². The van der Waals surface area contributed by atoms with Gasteiger partial charge in [-0.05, 0) is 18.2 Å². The van der Waals surface area contributed by atoms with Crippen LogP contribution in [-0.2, 0) is 5.41 Å². The Labute approximate surface area is 137 Å². The minimum Gasteiger partial charge on any atom is -0.484 e. The number of nitrogens with zero attached hydrogens (tertiary/aromatic N) is 1. The molecule has 3 rings (SSSR count). The van der Waals surface area contributed by atoms with Crippen LogP contribution in [0.15, 0.2) is 28.1 Å². The normalized spacial score (nSPS) is 21.8. The molecule has 1 aliphatic heterocycles. The largest absolute Gasteiger partial charge is 0.484 e. The lowest BCUT2D eigenvalue weighted by molar-refractivity contribution is 0.157. The van der Waals surface area contributed by atoms with Crippen LogP contribution in [0.4, 0.5) is 0 Å². The second-order valence-corrected chi connectivity index (χ2v) is 8.23. The van der Waals surface area contributed by atoms with Gasteiger partial charge in [0.05, 0.1) is 10.7 Å². The van der Waals surface area contributed by atoms with Crippen LogP contribution in [0.5, 0.6) is 5.75 Å². The first kappa shape index (κ1) is 15.0. The van der Waals surface area contributed by atoms with Crippen molar-refractivity contribution in [3.8, 4) is 5.75 Å². The van der Waals surface area contributed by atoms with Crippen LogP contribution < -0.4 is 10.5 Å². The Kier molecular flexibility index (Phi) is 3.84. The molecular weight excluding hydrogens is 348 g/mol. The first-order chi connectivity index (χ1) is 9.84. The molecule has 1 unspecified atom stereocenters. The van der Waals surface area contributed by atoms with Gasteiger partial charge in [-0.15, -0.1) is 11.3 Å². The summed E-state index contributed by atoms with van der Waals surface area (Å²) in [5.74, 6) is 0.868. The Bertz CT molecular complexity index is 663. The molecule has 2 aromatic rings. The second kappa shape index (κ2) is 5.38. The summed E-state index contributed by atoms with van der Waals surface area (Å²) >= 11 is 5.18. The van der Waals surface area contributed by atoms with Gasteiger partial charge in [-0.2, -0.15) is 0 Å². The van der Waals surface area contributed by atoms with Gasteiger partial charge in [0.1, 0.15) is 11.9 Å². The van der Waals surface area contributed by atoms with Crippen molar-refractivity contribution in [1.29, 1.82) is 0 Å². The smallest absolute Gasteiger partial charge is 0.143 e. The SMILES string of the molecule is CC(C)(C)c1nc(C2C[C@H](N)c3cc(Br)ccc3O2)cs1. The summed E-state index contributed by atoms with van der Waals surface area (Å²) in [4.78, 5) is 4.76. The minimum atomic E-state index is -0.0546. The second-order valence-electron chi connectivity index (χ2n) is 6.46. The predicted octanol–water partition coefficient (Wildman–Crippen LogP) is 4.73. The molecule has 0 saturated heterocycles. The van der Waals surface area contributed by atoms with E-state index in [4.69, 9.17) is 15.5 Å². The van der Waals surface area contributed by atoms with Crippen LogP contribution in [0.2, 0.25) is 0 Å². The maximum Gasteiger partial charge on any atom is 0.143 e. The average molecular weight is 367 g/mol. The highest BCUT2D eigenvalue weighted by Gasteiger charge is 2.30. The fraction of sp³-hybridized carbons (Fsp3) is 0.438. The first-order valence-corrected chi connectivity index (χ1v) is 8.69. The lowest BCUT2D eigenvalue weighted by Crippen LogP contribution is -2.24. The molecule has 3 nitrogen and oxygen atoms in total. The summed E-state index contributed by atoms with van der Waals surface area (Å²) in [7, 11) is 0. The van der Waals surface area contributed by atoms with E-state index >= 15 is 0 Å². The standard InChI is InChI=1S/C16H19BrN2OS/c1-16(2,3)15-19-12(8-21-15)14-7-11(18)10-6-9(17)4-5-13(10)20-14/h4-6,8,11,14H,7,18H2,1-3H3/t11-,14?/m0/s1. The molecule has 5 heteroatoms. The number of benzene rings is 1. The zero-order chi connectivity index (χ0) is 15.2. The molecule has 112 valence electrons. The molecule has 1 aromatic carbocycles. The highest BCUT2D eigenvalue weighted by atomic mass is 79.9. The summed E-state index contributed by atoms with van der Waals surface area (Å²) in [6.07, 6.45) is 0.706. The summed E-state index contributed by atoms with van der Waals surface area (Å²) in [6.45, 7) is 6.53. The molecular formula is C16H19BrN2OS. The Morgan fingerprint density at radius 3 is 2.81 bits per heavy atom. The molecule has 2 heterocycles. The molecule has 0 fully saturated rings. The van der Waals surface area contributed by atoms with E-state index in [0.717, 1.165) is 32.9 Å². The topological polar surface area (TPSA) is 48.1 Å². The van der Waals surface area contributed by atoms with Crippen LogP contribution in [0.25, 0.3) is 0 Å². The Morgan fingerprint density at radius 2 is 2.14 bits per heavy atom. The third-order valence-corrected chi connectivity index (χ3v) is 5.38. The first-order valence-electron chi connectivity index (χ1n) is 7.02. The Balaban J connectivity index is 1.89. The molecule has 0 spiro atoms. The fourth-order valence-corrected chi connectivity index (χ4v) is 3.76. The molecule has 21 heavy (non-hydrogen) atoms. The maximum absolute atomic E-state index is 6.31. The zero-order valence-electron chi connectivity index (χ0n) is 12.4. The van der Waals surface area contributed by atoms with Gasteiger partial charge in [0.15, 0.2) is 0 Å². The third kappa shape index (κ3) is 3.00. The van der Waals surface area contributed by atoms with Crippen LogP contribution >= 0.6 is 27.3 Å². The van der Waals surface area contributed by atoms with E-state index in [1.54, 1.807) is 11.3 Å². The minimum absolute atomic E-state index is 0.0176. The average Bonchev–Trinajstić information content (AvgIpc) is 2.89. The van der Waals surface area contributed by atoms with Crippen molar-refractivity contribution in [2.75, 3.05) is 0 Å². The summed E-state index contributed by atoms with van der Waals surface area (Å²) < 4.78 is 7.14. The predicted molar refractivity (Wildman–Crippen MR) is 89.9 cm³/mol. The van der Waals surface area contributed by atoms with Crippen molar-refractivity contribution in [2.45, 2.75) is 44.8 Å². The number of rotatable bonds is 1. The fourth-order valence-electron chi connectivity index (χ4n) is 2.44. The molecule has 2 atom stereocenters. The third-order valence-electron chi connectivity index (χ3n) is 3.60. The van der Waals surface area contributed by atoms with Gasteiger partial charge in [0.25, 0.3) is 0 Å². The van der Waals surface area contributed by atoms with Gasteiger partial charge in [-0.3, -0.25) is 0 Å². The van der Waals surface area contributed by atoms with E-state index in [-0.39, 0.29) is 17.6 Å². The molecule has 1 aliphatic rings. The lowest BCUT2D eigenvalue weighted by atomic mass is 9.95. The van der Waals surface area contributed by atoms with E-state index < -0.39 is 0 Å².